The third kappa shape index (κ3) is 4.73. The Bertz CT molecular complexity index is 785. The summed E-state index contributed by atoms with van der Waals surface area (Å²) < 4.78 is 51.9. The van der Waals surface area contributed by atoms with Crippen LogP contribution in [0.5, 0.6) is 0 Å². The topological polar surface area (TPSA) is 113 Å². The number of nitrogens with one attached hydrogen (secondary N) is 2. The van der Waals surface area contributed by atoms with Crippen LogP contribution in [-0.4, -0.2) is 33.1 Å². The first-order valence-corrected chi connectivity index (χ1v) is 6.72. The second-order valence-electron chi connectivity index (χ2n) is 4.65. The van der Waals surface area contributed by atoms with Gasteiger partial charge < -0.3 is 15.7 Å². The minimum absolute atomic E-state index is 0.0998. The second kappa shape index (κ2) is 7.25. The Morgan fingerprint density at radius 3 is 2.56 bits per heavy atom. The van der Waals surface area contributed by atoms with Crippen molar-refractivity contribution in [3.8, 4) is 0 Å². The molecule has 0 radical (unpaired) electrons. The molecule has 0 spiro atoms. The summed E-state index contributed by atoms with van der Waals surface area (Å²) in [6.45, 7) is -0.469. The molecule has 0 aliphatic carbocycles. The predicted molar refractivity (Wildman–Crippen MR) is 78.9 cm³/mol. The quantitative estimate of drug-likeness (QED) is 0.412. The summed E-state index contributed by atoms with van der Waals surface area (Å²) >= 11 is 0. The Kier molecular flexibility index (Phi) is 5.32. The van der Waals surface area contributed by atoms with Crippen molar-refractivity contribution in [3.63, 3.8) is 0 Å². The van der Waals surface area contributed by atoms with E-state index in [0.717, 1.165) is 12.1 Å². The Morgan fingerprint density at radius 1 is 1.24 bits per heavy atom. The molecular formula is C13H11F4N5O3. The van der Waals surface area contributed by atoms with Crippen LogP contribution in [0.25, 0.3) is 0 Å². The largest absolute Gasteiger partial charge is 0.433 e. The van der Waals surface area contributed by atoms with Gasteiger partial charge in [0.05, 0.1) is 17.6 Å². The summed E-state index contributed by atoms with van der Waals surface area (Å²) in [6.07, 6.45) is -4.79. The number of aromatic nitrogens is 2. The van der Waals surface area contributed by atoms with Gasteiger partial charge in [-0.3, -0.25) is 10.1 Å². The number of halogens is 4. The van der Waals surface area contributed by atoms with Gasteiger partial charge in [-0.05, 0) is 12.1 Å². The third-order valence-corrected chi connectivity index (χ3v) is 2.83. The van der Waals surface area contributed by atoms with E-state index < -0.39 is 40.1 Å². The molecule has 0 bridgehead atoms. The zero-order valence-electron chi connectivity index (χ0n) is 12.3. The number of benzene rings is 1. The van der Waals surface area contributed by atoms with Gasteiger partial charge in [0.1, 0.15) is 17.3 Å². The SMILES string of the molecule is O=[N+]([O-])c1cc(F)ccc1Nc1cc(C(F)(F)F)nc(NCCO)n1. The molecule has 1 aromatic carbocycles. The first-order valence-electron chi connectivity index (χ1n) is 6.72. The molecule has 0 atom stereocenters. The minimum atomic E-state index is -4.79. The van der Waals surface area contributed by atoms with Gasteiger partial charge in [0.2, 0.25) is 5.95 Å². The van der Waals surface area contributed by atoms with E-state index in [4.69, 9.17) is 5.11 Å². The van der Waals surface area contributed by atoms with Crippen molar-refractivity contribution < 1.29 is 27.6 Å². The average Bonchev–Trinajstić information content (AvgIpc) is 2.53. The van der Waals surface area contributed by atoms with Crippen LogP contribution in [0.3, 0.4) is 0 Å². The molecule has 0 saturated heterocycles. The predicted octanol–water partition coefficient (Wildman–Crippen LogP) is 2.69. The number of nitro groups is 1. The Balaban J connectivity index is 2.43. The van der Waals surface area contributed by atoms with Crippen molar-refractivity contribution in [2.24, 2.45) is 0 Å². The second-order valence-corrected chi connectivity index (χ2v) is 4.65. The molecule has 0 amide bonds. The maximum absolute atomic E-state index is 13.1. The van der Waals surface area contributed by atoms with E-state index in [-0.39, 0.29) is 18.8 Å². The molecule has 2 rings (SSSR count). The number of anilines is 3. The minimum Gasteiger partial charge on any atom is -0.395 e. The summed E-state index contributed by atoms with van der Waals surface area (Å²) in [5.41, 5.74) is -2.21. The van der Waals surface area contributed by atoms with Crippen molar-refractivity contribution >= 4 is 23.1 Å². The average molecular weight is 361 g/mol. The molecule has 1 heterocycles. The van der Waals surface area contributed by atoms with Gasteiger partial charge in [-0.15, -0.1) is 0 Å². The van der Waals surface area contributed by atoms with Gasteiger partial charge in [-0.1, -0.05) is 0 Å². The van der Waals surface area contributed by atoms with Gasteiger partial charge in [-0.25, -0.2) is 9.37 Å². The van der Waals surface area contributed by atoms with Crippen LogP contribution >= 0.6 is 0 Å². The Labute approximate surface area is 137 Å². The lowest BCUT2D eigenvalue weighted by Crippen LogP contribution is -2.15. The molecule has 0 unspecified atom stereocenters. The zero-order chi connectivity index (χ0) is 18.6. The van der Waals surface area contributed by atoms with Gasteiger partial charge >= 0.3 is 6.18 Å². The molecule has 0 aliphatic rings. The third-order valence-electron chi connectivity index (χ3n) is 2.83. The Hall–Kier alpha value is -3.02. The molecule has 0 aliphatic heterocycles. The van der Waals surface area contributed by atoms with Crippen LogP contribution in [0.15, 0.2) is 24.3 Å². The number of hydrogen-bond acceptors (Lipinski definition) is 7. The standard InChI is InChI=1S/C13H11F4N5O3/c14-7-1-2-8(9(5-7)22(24)25)19-11-6-10(13(15,16)17)20-12(21-11)18-3-4-23/h1-2,5-6,23H,3-4H2,(H2,18,19,20,21). The molecule has 3 N–H and O–H groups in total. The molecule has 12 heteroatoms. The highest BCUT2D eigenvalue weighted by Gasteiger charge is 2.34. The number of alkyl halides is 3. The van der Waals surface area contributed by atoms with E-state index in [9.17, 15) is 27.7 Å². The molecule has 0 fully saturated rings. The summed E-state index contributed by atoms with van der Waals surface area (Å²) in [5, 5.41) is 24.4. The lowest BCUT2D eigenvalue weighted by Gasteiger charge is -2.12. The number of rotatable bonds is 6. The fourth-order valence-electron chi connectivity index (χ4n) is 1.80. The van der Waals surface area contributed by atoms with E-state index in [1.54, 1.807) is 0 Å². The maximum atomic E-state index is 13.1. The zero-order valence-corrected chi connectivity index (χ0v) is 12.3. The highest BCUT2D eigenvalue weighted by molar-refractivity contribution is 5.68. The van der Waals surface area contributed by atoms with Crippen molar-refractivity contribution in [1.82, 2.24) is 9.97 Å². The fourth-order valence-corrected chi connectivity index (χ4v) is 1.80. The van der Waals surface area contributed by atoms with Crippen molar-refractivity contribution in [2.75, 3.05) is 23.8 Å². The molecule has 8 nitrogen and oxygen atoms in total. The molecule has 2 aromatic rings. The van der Waals surface area contributed by atoms with E-state index in [2.05, 4.69) is 20.6 Å². The smallest absolute Gasteiger partial charge is 0.395 e. The molecule has 134 valence electrons. The van der Waals surface area contributed by atoms with Crippen LogP contribution in [0.2, 0.25) is 0 Å². The van der Waals surface area contributed by atoms with Crippen LogP contribution in [0, 0.1) is 15.9 Å². The summed E-state index contributed by atoms with van der Waals surface area (Å²) in [7, 11) is 0. The van der Waals surface area contributed by atoms with Gasteiger partial charge in [0.25, 0.3) is 5.69 Å². The van der Waals surface area contributed by atoms with E-state index in [1.165, 1.54) is 0 Å². The van der Waals surface area contributed by atoms with Crippen molar-refractivity contribution in [1.29, 1.82) is 0 Å². The number of aliphatic hydroxyl groups excluding tert-OH is 1. The van der Waals surface area contributed by atoms with Crippen molar-refractivity contribution in [3.05, 3.63) is 45.9 Å². The number of aliphatic hydroxyl groups is 1. The van der Waals surface area contributed by atoms with Gasteiger partial charge in [0, 0.05) is 12.6 Å². The number of hydrogen-bond donors (Lipinski definition) is 3. The van der Waals surface area contributed by atoms with Crippen LogP contribution in [-0.2, 0) is 6.18 Å². The highest BCUT2D eigenvalue weighted by atomic mass is 19.4. The first-order chi connectivity index (χ1) is 11.7. The lowest BCUT2D eigenvalue weighted by atomic mass is 10.2. The monoisotopic (exact) mass is 361 g/mol. The fraction of sp³-hybridized carbons (Fsp3) is 0.231. The van der Waals surface area contributed by atoms with E-state index in [0.29, 0.717) is 12.1 Å². The number of nitrogens with zero attached hydrogens (tertiary/aromatic N) is 3. The molecular weight excluding hydrogens is 350 g/mol. The first kappa shape index (κ1) is 18.3. The molecule has 0 saturated carbocycles. The molecule has 25 heavy (non-hydrogen) atoms. The summed E-state index contributed by atoms with van der Waals surface area (Å²) in [6, 6.07) is 3.09. The van der Waals surface area contributed by atoms with Crippen LogP contribution < -0.4 is 10.6 Å². The van der Waals surface area contributed by atoms with Crippen molar-refractivity contribution in [2.45, 2.75) is 6.18 Å². The maximum Gasteiger partial charge on any atom is 0.433 e. The normalized spacial score (nSPS) is 11.2. The summed E-state index contributed by atoms with van der Waals surface area (Å²) in [5.74, 6) is -1.70. The summed E-state index contributed by atoms with van der Waals surface area (Å²) in [4.78, 5) is 17.1. The van der Waals surface area contributed by atoms with Crippen LogP contribution in [0.1, 0.15) is 5.69 Å². The highest BCUT2D eigenvalue weighted by Crippen LogP contribution is 2.32. The van der Waals surface area contributed by atoms with Gasteiger partial charge in [0.15, 0.2) is 5.69 Å². The van der Waals surface area contributed by atoms with Gasteiger partial charge in [-0.2, -0.15) is 18.2 Å². The number of nitro benzene ring substituents is 1. The van der Waals surface area contributed by atoms with E-state index in [1.807, 2.05) is 0 Å². The van der Waals surface area contributed by atoms with E-state index >= 15 is 0 Å². The van der Waals surface area contributed by atoms with Crippen LogP contribution in [0.4, 0.5) is 40.7 Å². The lowest BCUT2D eigenvalue weighted by molar-refractivity contribution is -0.384. The molecule has 1 aromatic heterocycles. The Morgan fingerprint density at radius 2 is 1.96 bits per heavy atom.